The Kier molecular flexibility index (Phi) is 5.51. The van der Waals surface area contributed by atoms with Gasteiger partial charge in [-0.3, -0.25) is 4.90 Å². The van der Waals surface area contributed by atoms with Crippen molar-refractivity contribution >= 4 is 11.3 Å². The van der Waals surface area contributed by atoms with Crippen molar-refractivity contribution in [2.24, 2.45) is 5.73 Å². The number of thiazole rings is 1. The third-order valence-corrected chi connectivity index (χ3v) is 4.67. The van der Waals surface area contributed by atoms with Gasteiger partial charge in [0.1, 0.15) is 0 Å². The van der Waals surface area contributed by atoms with Gasteiger partial charge in [0.25, 0.3) is 0 Å². The largest absolute Gasteiger partial charge is 0.326 e. The maximum atomic E-state index is 6.39. The van der Waals surface area contributed by atoms with Crippen molar-refractivity contribution in [1.29, 1.82) is 0 Å². The molecular weight excluding hydrogens is 278 g/mol. The Bertz CT molecular complexity index is 562. The minimum atomic E-state index is 0.123. The van der Waals surface area contributed by atoms with Crippen LogP contribution in [0.1, 0.15) is 41.2 Å². The average Bonchev–Trinajstić information content (AvgIpc) is 2.86. The molecule has 0 aliphatic rings. The van der Waals surface area contributed by atoms with Gasteiger partial charge >= 0.3 is 0 Å². The molecule has 2 unspecified atom stereocenters. The van der Waals surface area contributed by atoms with Crippen molar-refractivity contribution in [3.05, 3.63) is 51.5 Å². The van der Waals surface area contributed by atoms with E-state index < -0.39 is 0 Å². The molecule has 0 saturated heterocycles. The highest BCUT2D eigenvalue weighted by atomic mass is 32.1. The number of likely N-dealkylation sites (N-methyl/N-ethyl adjacent to an activating group) is 1. The van der Waals surface area contributed by atoms with E-state index in [4.69, 9.17) is 5.73 Å². The maximum Gasteiger partial charge on any atom is 0.0897 e. The molecule has 1 heterocycles. The van der Waals surface area contributed by atoms with Gasteiger partial charge in [0.15, 0.2) is 0 Å². The molecule has 0 spiro atoms. The standard InChI is InChI=1S/C17H25N3S/c1-5-16(18)17(14-8-6-12(2)7-9-14)20(4)10-15-11-21-13(3)19-15/h6-9,11,16-17H,5,10,18H2,1-4H3. The van der Waals surface area contributed by atoms with Crippen molar-refractivity contribution in [2.45, 2.75) is 45.8 Å². The lowest BCUT2D eigenvalue weighted by Gasteiger charge is -2.32. The Labute approximate surface area is 131 Å². The van der Waals surface area contributed by atoms with Crippen LogP contribution in [0.5, 0.6) is 0 Å². The number of benzene rings is 1. The lowest BCUT2D eigenvalue weighted by molar-refractivity contribution is 0.200. The molecule has 21 heavy (non-hydrogen) atoms. The molecule has 2 N–H and O–H groups in total. The summed E-state index contributed by atoms with van der Waals surface area (Å²) in [6.07, 6.45) is 0.957. The van der Waals surface area contributed by atoms with Crippen molar-refractivity contribution in [3.8, 4) is 0 Å². The van der Waals surface area contributed by atoms with E-state index in [9.17, 15) is 0 Å². The number of aromatic nitrogens is 1. The molecule has 2 aromatic rings. The summed E-state index contributed by atoms with van der Waals surface area (Å²) in [5.41, 5.74) is 10.1. The molecule has 4 heteroatoms. The van der Waals surface area contributed by atoms with E-state index in [1.54, 1.807) is 11.3 Å². The minimum absolute atomic E-state index is 0.123. The van der Waals surface area contributed by atoms with Crippen LogP contribution in [-0.4, -0.2) is 23.0 Å². The maximum absolute atomic E-state index is 6.39. The molecule has 0 aliphatic carbocycles. The Morgan fingerprint density at radius 3 is 2.43 bits per heavy atom. The predicted octanol–water partition coefficient (Wildman–Crippen LogP) is 3.67. The van der Waals surface area contributed by atoms with Gasteiger partial charge in [-0.15, -0.1) is 11.3 Å². The number of hydrogen-bond acceptors (Lipinski definition) is 4. The van der Waals surface area contributed by atoms with Crippen LogP contribution in [0.4, 0.5) is 0 Å². The first-order valence-electron chi connectivity index (χ1n) is 7.44. The monoisotopic (exact) mass is 303 g/mol. The van der Waals surface area contributed by atoms with Crippen LogP contribution in [0.3, 0.4) is 0 Å². The van der Waals surface area contributed by atoms with Gasteiger partial charge in [-0.25, -0.2) is 4.98 Å². The van der Waals surface area contributed by atoms with Crippen LogP contribution < -0.4 is 5.73 Å². The minimum Gasteiger partial charge on any atom is -0.326 e. The van der Waals surface area contributed by atoms with Crippen LogP contribution in [0.15, 0.2) is 29.6 Å². The van der Waals surface area contributed by atoms with E-state index in [0.717, 1.165) is 23.7 Å². The molecule has 3 nitrogen and oxygen atoms in total. The number of nitrogens with two attached hydrogens (primary N) is 1. The van der Waals surface area contributed by atoms with Crippen LogP contribution in [0, 0.1) is 13.8 Å². The summed E-state index contributed by atoms with van der Waals surface area (Å²) in [4.78, 5) is 6.87. The Hall–Kier alpha value is -1.23. The van der Waals surface area contributed by atoms with Gasteiger partial charge in [-0.05, 0) is 32.9 Å². The quantitative estimate of drug-likeness (QED) is 0.885. The summed E-state index contributed by atoms with van der Waals surface area (Å²) in [7, 11) is 2.13. The van der Waals surface area contributed by atoms with Gasteiger partial charge in [0.2, 0.25) is 0 Å². The third kappa shape index (κ3) is 4.13. The number of nitrogens with zero attached hydrogens (tertiary/aromatic N) is 2. The van der Waals surface area contributed by atoms with Gasteiger partial charge in [0.05, 0.1) is 10.7 Å². The molecule has 1 aromatic heterocycles. The van der Waals surface area contributed by atoms with Crippen LogP contribution in [0.25, 0.3) is 0 Å². The fourth-order valence-electron chi connectivity index (χ4n) is 2.65. The highest BCUT2D eigenvalue weighted by molar-refractivity contribution is 7.09. The average molecular weight is 303 g/mol. The predicted molar refractivity (Wildman–Crippen MR) is 90.5 cm³/mol. The van der Waals surface area contributed by atoms with Crippen LogP contribution >= 0.6 is 11.3 Å². The first-order chi connectivity index (χ1) is 10.0. The van der Waals surface area contributed by atoms with E-state index in [1.165, 1.54) is 11.1 Å². The fraction of sp³-hybridized carbons (Fsp3) is 0.471. The van der Waals surface area contributed by atoms with Crippen molar-refractivity contribution in [3.63, 3.8) is 0 Å². The molecule has 0 saturated carbocycles. The summed E-state index contributed by atoms with van der Waals surface area (Å²) in [5, 5.41) is 3.25. The van der Waals surface area contributed by atoms with E-state index in [1.807, 2.05) is 6.92 Å². The Morgan fingerprint density at radius 1 is 1.24 bits per heavy atom. The lowest BCUT2D eigenvalue weighted by Crippen LogP contribution is -2.38. The van der Waals surface area contributed by atoms with E-state index in [2.05, 4.69) is 60.4 Å². The second kappa shape index (κ2) is 7.16. The van der Waals surface area contributed by atoms with Gasteiger partial charge < -0.3 is 5.73 Å². The second-order valence-corrected chi connectivity index (χ2v) is 6.76. The first kappa shape index (κ1) is 16.1. The van der Waals surface area contributed by atoms with Crippen LogP contribution in [0.2, 0.25) is 0 Å². The highest BCUT2D eigenvalue weighted by Gasteiger charge is 2.23. The zero-order valence-corrected chi connectivity index (χ0v) is 14.2. The van der Waals surface area contributed by atoms with Crippen molar-refractivity contribution in [2.75, 3.05) is 7.05 Å². The van der Waals surface area contributed by atoms with Gasteiger partial charge in [-0.1, -0.05) is 36.8 Å². The Balaban J connectivity index is 2.20. The van der Waals surface area contributed by atoms with E-state index in [0.29, 0.717) is 0 Å². The molecule has 0 fully saturated rings. The van der Waals surface area contributed by atoms with Crippen LogP contribution in [-0.2, 0) is 6.54 Å². The zero-order chi connectivity index (χ0) is 15.4. The smallest absolute Gasteiger partial charge is 0.0897 e. The summed E-state index contributed by atoms with van der Waals surface area (Å²) < 4.78 is 0. The molecule has 0 radical (unpaired) electrons. The van der Waals surface area contributed by atoms with Crippen molar-refractivity contribution < 1.29 is 0 Å². The molecular formula is C17H25N3S. The van der Waals surface area contributed by atoms with E-state index >= 15 is 0 Å². The normalized spacial score (nSPS) is 14.4. The molecule has 0 aliphatic heterocycles. The lowest BCUT2D eigenvalue weighted by atomic mass is 9.96. The van der Waals surface area contributed by atoms with Gasteiger partial charge in [-0.2, -0.15) is 0 Å². The SMILES string of the molecule is CCC(N)C(c1ccc(C)cc1)N(C)Cc1csc(C)n1. The number of rotatable bonds is 6. The van der Waals surface area contributed by atoms with Crippen molar-refractivity contribution in [1.82, 2.24) is 9.88 Å². The summed E-state index contributed by atoms with van der Waals surface area (Å²) in [5.74, 6) is 0. The number of aryl methyl sites for hydroxylation is 2. The fourth-order valence-corrected chi connectivity index (χ4v) is 3.25. The van der Waals surface area contributed by atoms with E-state index in [-0.39, 0.29) is 12.1 Å². The second-order valence-electron chi connectivity index (χ2n) is 5.70. The zero-order valence-electron chi connectivity index (χ0n) is 13.3. The molecule has 0 amide bonds. The molecule has 114 valence electrons. The molecule has 0 bridgehead atoms. The highest BCUT2D eigenvalue weighted by Crippen LogP contribution is 2.26. The van der Waals surface area contributed by atoms with Gasteiger partial charge in [0, 0.05) is 24.0 Å². The Morgan fingerprint density at radius 2 is 1.90 bits per heavy atom. The first-order valence-corrected chi connectivity index (χ1v) is 8.32. The summed E-state index contributed by atoms with van der Waals surface area (Å²) in [6.45, 7) is 7.13. The summed E-state index contributed by atoms with van der Waals surface area (Å²) in [6, 6.07) is 9.04. The molecule has 1 aromatic carbocycles. The number of hydrogen-bond donors (Lipinski definition) is 1. The topological polar surface area (TPSA) is 42.1 Å². The molecule has 2 atom stereocenters. The molecule has 2 rings (SSSR count). The third-order valence-electron chi connectivity index (χ3n) is 3.85. The summed E-state index contributed by atoms with van der Waals surface area (Å²) >= 11 is 1.70.